The number of benzene rings is 1. The molecule has 0 saturated heterocycles. The van der Waals surface area contributed by atoms with Gasteiger partial charge in [0.1, 0.15) is 10.9 Å². The van der Waals surface area contributed by atoms with Crippen LogP contribution in [-0.4, -0.2) is 26.6 Å². The molecular weight excluding hydrogens is 418 g/mol. The van der Waals surface area contributed by atoms with Crippen molar-refractivity contribution in [1.82, 2.24) is 15.0 Å². The number of nitrogens with one attached hydrogen (secondary N) is 1. The summed E-state index contributed by atoms with van der Waals surface area (Å²) in [4.78, 5) is 42.3. The first kappa shape index (κ1) is 20.9. The summed E-state index contributed by atoms with van der Waals surface area (Å²) < 4.78 is 1.34. The number of non-ortho nitro benzene ring substituents is 1. The minimum absolute atomic E-state index is 0.0258. The third-order valence-electron chi connectivity index (χ3n) is 5.53. The van der Waals surface area contributed by atoms with Crippen LogP contribution in [0.4, 0.5) is 5.69 Å². The molecule has 0 bridgehead atoms. The largest absolute Gasteiger partial charge is 0.286 e. The van der Waals surface area contributed by atoms with Crippen LogP contribution in [0.3, 0.4) is 0 Å². The first-order valence-corrected chi connectivity index (χ1v) is 10.8. The summed E-state index contributed by atoms with van der Waals surface area (Å²) in [5.74, 6) is 0.139. The van der Waals surface area contributed by atoms with Crippen LogP contribution in [0.2, 0.25) is 0 Å². The zero-order valence-corrected chi connectivity index (χ0v) is 17.9. The van der Waals surface area contributed by atoms with Crippen molar-refractivity contribution in [2.45, 2.75) is 39.2 Å². The van der Waals surface area contributed by atoms with E-state index in [-0.39, 0.29) is 11.2 Å². The smallest absolute Gasteiger partial charge is 0.269 e. The molecule has 0 aliphatic heterocycles. The Balaban J connectivity index is 1.51. The number of nitro groups is 1. The molecule has 2 heterocycles. The van der Waals surface area contributed by atoms with E-state index in [1.165, 1.54) is 46.3 Å². The number of thiophene rings is 1. The average Bonchev–Trinajstić information content (AvgIpc) is 3.12. The Labute approximate surface area is 181 Å². The number of hydrazone groups is 1. The highest BCUT2D eigenvalue weighted by molar-refractivity contribution is 7.18. The summed E-state index contributed by atoms with van der Waals surface area (Å²) in [5.41, 5.74) is 3.85. The molecule has 1 aliphatic carbocycles. The first-order valence-electron chi connectivity index (χ1n) is 9.94. The molecule has 9 nitrogen and oxygen atoms in total. The maximum absolute atomic E-state index is 13.1. The maximum Gasteiger partial charge on any atom is 0.269 e. The normalized spacial score (nSPS) is 16.9. The van der Waals surface area contributed by atoms with Crippen LogP contribution in [0.5, 0.6) is 0 Å². The van der Waals surface area contributed by atoms with E-state index >= 15 is 0 Å². The van der Waals surface area contributed by atoms with E-state index in [4.69, 9.17) is 0 Å². The lowest BCUT2D eigenvalue weighted by Crippen LogP contribution is -2.34. The Bertz CT molecular complexity index is 1250. The van der Waals surface area contributed by atoms with Crippen LogP contribution >= 0.6 is 11.3 Å². The van der Waals surface area contributed by atoms with Crippen molar-refractivity contribution in [3.05, 3.63) is 67.1 Å². The van der Waals surface area contributed by atoms with Crippen LogP contribution in [0, 0.1) is 16.0 Å². The van der Waals surface area contributed by atoms with Crippen molar-refractivity contribution < 1.29 is 9.72 Å². The van der Waals surface area contributed by atoms with Crippen LogP contribution in [0.15, 0.2) is 40.5 Å². The number of carbonyl (C=O) groups excluding carboxylic acids is 1. The third-order valence-corrected chi connectivity index (χ3v) is 6.69. The number of aromatic nitrogens is 2. The number of rotatable bonds is 5. The van der Waals surface area contributed by atoms with Gasteiger partial charge in [0.15, 0.2) is 0 Å². The number of aryl methyl sites for hydroxylation is 1. The summed E-state index contributed by atoms with van der Waals surface area (Å²) in [6.45, 7) is 3.83. The fourth-order valence-corrected chi connectivity index (χ4v) is 5.03. The predicted molar refractivity (Wildman–Crippen MR) is 119 cm³/mol. The van der Waals surface area contributed by atoms with Gasteiger partial charge in [-0.25, -0.2) is 10.4 Å². The molecule has 4 rings (SSSR count). The zero-order chi connectivity index (χ0) is 22.1. The van der Waals surface area contributed by atoms with Gasteiger partial charge in [0.05, 0.1) is 22.9 Å². The average molecular weight is 439 g/mol. The zero-order valence-electron chi connectivity index (χ0n) is 17.1. The summed E-state index contributed by atoms with van der Waals surface area (Å²) >= 11 is 1.57. The van der Waals surface area contributed by atoms with E-state index in [9.17, 15) is 19.7 Å². The van der Waals surface area contributed by atoms with Crippen LogP contribution in [-0.2, 0) is 17.6 Å². The molecule has 1 aliphatic rings. The molecule has 0 saturated carbocycles. The minimum Gasteiger partial charge on any atom is -0.286 e. The number of carbonyl (C=O) groups is 1. The molecule has 3 aromatic rings. The number of amides is 1. The molecule has 2 aromatic heterocycles. The Hall–Kier alpha value is -3.40. The van der Waals surface area contributed by atoms with E-state index in [0.717, 1.165) is 29.7 Å². The highest BCUT2D eigenvalue weighted by atomic mass is 32.1. The summed E-state index contributed by atoms with van der Waals surface area (Å²) in [6, 6.07) is 4.97. The fourth-order valence-electron chi connectivity index (χ4n) is 3.69. The van der Waals surface area contributed by atoms with Crippen molar-refractivity contribution in [3.8, 4) is 0 Å². The SMILES string of the molecule is C[C@H]1CCc2c(sc3ncn([C@H](C)C(=O)N/N=C\c4ccc([N+](=O)[O-])cc4)c(=O)c23)C1. The fraction of sp³-hybridized carbons (Fsp3) is 0.333. The van der Waals surface area contributed by atoms with Gasteiger partial charge in [-0.05, 0) is 55.4 Å². The van der Waals surface area contributed by atoms with Crippen LogP contribution in [0.1, 0.15) is 42.3 Å². The molecule has 0 unspecified atom stereocenters. The van der Waals surface area contributed by atoms with Crippen molar-refractivity contribution >= 4 is 39.4 Å². The van der Waals surface area contributed by atoms with Gasteiger partial charge in [-0.2, -0.15) is 5.10 Å². The van der Waals surface area contributed by atoms with E-state index in [0.29, 0.717) is 16.9 Å². The molecule has 1 aromatic carbocycles. The van der Waals surface area contributed by atoms with Gasteiger partial charge in [-0.3, -0.25) is 24.3 Å². The highest BCUT2D eigenvalue weighted by Crippen LogP contribution is 2.35. The third kappa shape index (κ3) is 4.11. The molecule has 1 N–H and O–H groups in total. The van der Waals surface area contributed by atoms with Gasteiger partial charge in [-0.15, -0.1) is 11.3 Å². The molecular formula is C21H21N5O4S. The second-order valence-corrected chi connectivity index (χ2v) is 8.83. The predicted octanol–water partition coefficient (Wildman–Crippen LogP) is 3.20. The number of nitrogens with zero attached hydrogens (tertiary/aromatic N) is 4. The number of hydrogen-bond donors (Lipinski definition) is 1. The minimum atomic E-state index is -0.795. The second-order valence-electron chi connectivity index (χ2n) is 7.75. The van der Waals surface area contributed by atoms with Crippen molar-refractivity contribution in [3.63, 3.8) is 0 Å². The van der Waals surface area contributed by atoms with E-state index in [1.807, 2.05) is 0 Å². The number of fused-ring (bicyclic) bond motifs is 3. The molecule has 160 valence electrons. The molecule has 0 radical (unpaired) electrons. The number of hydrogen-bond acceptors (Lipinski definition) is 7. The molecule has 31 heavy (non-hydrogen) atoms. The van der Waals surface area contributed by atoms with Gasteiger partial charge in [0, 0.05) is 17.0 Å². The molecule has 10 heteroatoms. The summed E-state index contributed by atoms with van der Waals surface area (Å²) in [5, 5.41) is 15.2. The van der Waals surface area contributed by atoms with Crippen molar-refractivity contribution in [1.29, 1.82) is 0 Å². The molecule has 2 atom stereocenters. The molecule has 1 amide bonds. The van der Waals surface area contributed by atoms with Gasteiger partial charge < -0.3 is 0 Å². The van der Waals surface area contributed by atoms with Gasteiger partial charge in [0.25, 0.3) is 17.2 Å². The highest BCUT2D eigenvalue weighted by Gasteiger charge is 2.25. The van der Waals surface area contributed by atoms with E-state index in [2.05, 4.69) is 22.4 Å². The van der Waals surface area contributed by atoms with Gasteiger partial charge in [0.2, 0.25) is 0 Å². The second kappa shape index (κ2) is 8.38. The summed E-state index contributed by atoms with van der Waals surface area (Å²) in [7, 11) is 0. The molecule has 0 fully saturated rings. The quantitative estimate of drug-likeness (QED) is 0.372. The monoisotopic (exact) mass is 439 g/mol. The van der Waals surface area contributed by atoms with Crippen molar-refractivity contribution in [2.75, 3.05) is 0 Å². The number of nitro benzene ring substituents is 1. The van der Waals surface area contributed by atoms with Crippen LogP contribution < -0.4 is 11.0 Å². The van der Waals surface area contributed by atoms with Gasteiger partial charge >= 0.3 is 0 Å². The Morgan fingerprint density at radius 1 is 1.42 bits per heavy atom. The van der Waals surface area contributed by atoms with Crippen molar-refractivity contribution in [2.24, 2.45) is 11.0 Å². The Kier molecular flexibility index (Phi) is 5.64. The lowest BCUT2D eigenvalue weighted by atomic mass is 9.89. The Morgan fingerprint density at radius 3 is 2.87 bits per heavy atom. The van der Waals surface area contributed by atoms with E-state index in [1.54, 1.807) is 18.3 Å². The lowest BCUT2D eigenvalue weighted by Gasteiger charge is -2.18. The first-order chi connectivity index (χ1) is 14.8. The van der Waals surface area contributed by atoms with E-state index < -0.39 is 16.9 Å². The standard InChI is InChI=1S/C21H21N5O4S/c1-12-3-8-16-17(9-12)31-20-18(16)21(28)25(11-22-20)13(2)19(27)24-23-10-14-4-6-15(7-5-14)26(29)30/h4-7,10-13H,3,8-9H2,1-2H3,(H,24,27)/b23-10-/t12-,13+/m0/s1. The van der Waals surface area contributed by atoms with Crippen LogP contribution in [0.25, 0.3) is 10.2 Å². The Morgan fingerprint density at radius 2 is 2.16 bits per heavy atom. The summed E-state index contributed by atoms with van der Waals surface area (Å²) in [6.07, 6.45) is 5.66. The lowest BCUT2D eigenvalue weighted by molar-refractivity contribution is -0.384. The topological polar surface area (TPSA) is 119 Å². The van der Waals surface area contributed by atoms with Gasteiger partial charge in [-0.1, -0.05) is 6.92 Å². The molecule has 0 spiro atoms. The maximum atomic E-state index is 13.1.